The van der Waals surface area contributed by atoms with Crippen LogP contribution >= 0.6 is 0 Å². The summed E-state index contributed by atoms with van der Waals surface area (Å²) in [7, 11) is 0. The van der Waals surface area contributed by atoms with Gasteiger partial charge in [0.1, 0.15) is 0 Å². The standard InChI is InChI=1S/C16H22N2O/c1-2-17-14-10-11-18(16(14)19)15-9-5-7-12-6-3-4-8-13(12)15/h3-4,6,8,14-15,17H,2,5,7,9-11H2,1H3. The zero-order valence-electron chi connectivity index (χ0n) is 11.6. The summed E-state index contributed by atoms with van der Waals surface area (Å²) in [5.41, 5.74) is 2.80. The Labute approximate surface area is 115 Å². The Balaban J connectivity index is 1.83. The molecule has 0 bridgehead atoms. The number of aryl methyl sites for hydroxylation is 1. The van der Waals surface area contributed by atoms with Crippen LogP contribution in [0.2, 0.25) is 0 Å². The zero-order valence-corrected chi connectivity index (χ0v) is 11.6. The molecule has 3 heteroatoms. The Morgan fingerprint density at radius 3 is 3.00 bits per heavy atom. The van der Waals surface area contributed by atoms with Crippen molar-refractivity contribution in [3.05, 3.63) is 35.4 Å². The number of fused-ring (bicyclic) bond motifs is 1. The minimum atomic E-state index is 0.0408. The lowest BCUT2D eigenvalue weighted by atomic mass is 9.87. The number of benzene rings is 1. The molecule has 102 valence electrons. The molecule has 0 aromatic heterocycles. The van der Waals surface area contributed by atoms with Crippen molar-refractivity contribution in [1.82, 2.24) is 10.2 Å². The molecule has 2 aliphatic rings. The number of carbonyl (C=O) groups excluding carboxylic acids is 1. The Morgan fingerprint density at radius 1 is 1.32 bits per heavy atom. The molecule has 1 saturated heterocycles. The Kier molecular flexibility index (Phi) is 3.56. The van der Waals surface area contributed by atoms with Gasteiger partial charge in [0.25, 0.3) is 0 Å². The van der Waals surface area contributed by atoms with E-state index in [1.807, 2.05) is 0 Å². The van der Waals surface area contributed by atoms with Crippen molar-refractivity contribution in [3.8, 4) is 0 Å². The predicted molar refractivity (Wildman–Crippen MR) is 75.9 cm³/mol. The molecule has 1 aromatic carbocycles. The maximum Gasteiger partial charge on any atom is 0.240 e. The fourth-order valence-corrected chi connectivity index (χ4v) is 3.50. The summed E-state index contributed by atoms with van der Waals surface area (Å²) in [5.74, 6) is 0.295. The van der Waals surface area contributed by atoms with Gasteiger partial charge in [-0.1, -0.05) is 31.2 Å². The molecule has 0 radical (unpaired) electrons. The molecule has 3 nitrogen and oxygen atoms in total. The normalized spacial score (nSPS) is 26.6. The third kappa shape index (κ3) is 2.27. The largest absolute Gasteiger partial charge is 0.334 e. The van der Waals surface area contributed by atoms with Crippen molar-refractivity contribution in [2.75, 3.05) is 13.1 Å². The second-order valence-corrected chi connectivity index (χ2v) is 5.54. The van der Waals surface area contributed by atoms with Gasteiger partial charge >= 0.3 is 0 Å². The maximum absolute atomic E-state index is 12.5. The first-order chi connectivity index (χ1) is 9.31. The fraction of sp³-hybridized carbons (Fsp3) is 0.562. The third-order valence-corrected chi connectivity index (χ3v) is 4.40. The van der Waals surface area contributed by atoms with Gasteiger partial charge in [-0.2, -0.15) is 0 Å². The van der Waals surface area contributed by atoms with Gasteiger partial charge in [0.15, 0.2) is 0 Å². The van der Waals surface area contributed by atoms with E-state index in [-0.39, 0.29) is 6.04 Å². The highest BCUT2D eigenvalue weighted by atomic mass is 16.2. The quantitative estimate of drug-likeness (QED) is 0.902. The lowest BCUT2D eigenvalue weighted by Crippen LogP contribution is -2.40. The van der Waals surface area contributed by atoms with Crippen LogP contribution in [0.1, 0.15) is 43.4 Å². The van der Waals surface area contributed by atoms with E-state index in [0.29, 0.717) is 11.9 Å². The molecule has 2 unspecified atom stereocenters. The van der Waals surface area contributed by atoms with E-state index in [4.69, 9.17) is 0 Å². The lowest BCUT2D eigenvalue weighted by Gasteiger charge is -2.33. The molecule has 1 aliphatic carbocycles. The van der Waals surface area contributed by atoms with Crippen LogP contribution in [0.15, 0.2) is 24.3 Å². The summed E-state index contributed by atoms with van der Waals surface area (Å²) in [6.45, 7) is 3.83. The smallest absolute Gasteiger partial charge is 0.240 e. The van der Waals surface area contributed by atoms with Crippen LogP contribution in [0.4, 0.5) is 0 Å². The van der Waals surface area contributed by atoms with E-state index in [9.17, 15) is 4.79 Å². The van der Waals surface area contributed by atoms with Crippen molar-refractivity contribution >= 4 is 5.91 Å². The summed E-state index contributed by atoms with van der Waals surface area (Å²) >= 11 is 0. The molecule has 19 heavy (non-hydrogen) atoms. The molecule has 3 rings (SSSR count). The lowest BCUT2D eigenvalue weighted by molar-refractivity contribution is -0.131. The second-order valence-electron chi connectivity index (χ2n) is 5.54. The van der Waals surface area contributed by atoms with Gasteiger partial charge < -0.3 is 10.2 Å². The van der Waals surface area contributed by atoms with Crippen molar-refractivity contribution in [2.45, 2.75) is 44.7 Å². The van der Waals surface area contributed by atoms with E-state index in [1.54, 1.807) is 0 Å². The van der Waals surface area contributed by atoms with Crippen LogP contribution in [0, 0.1) is 0 Å². The number of amides is 1. The van der Waals surface area contributed by atoms with Crippen LogP contribution in [-0.4, -0.2) is 29.9 Å². The minimum Gasteiger partial charge on any atom is -0.334 e. The molecule has 1 N–H and O–H groups in total. The number of hydrogen-bond donors (Lipinski definition) is 1. The van der Waals surface area contributed by atoms with Crippen LogP contribution in [0.25, 0.3) is 0 Å². The number of likely N-dealkylation sites (tertiary alicyclic amines) is 1. The van der Waals surface area contributed by atoms with Gasteiger partial charge in [0, 0.05) is 6.54 Å². The van der Waals surface area contributed by atoms with Crippen LogP contribution in [-0.2, 0) is 11.2 Å². The average Bonchev–Trinajstić information content (AvgIpc) is 2.80. The van der Waals surface area contributed by atoms with E-state index < -0.39 is 0 Å². The van der Waals surface area contributed by atoms with Gasteiger partial charge in [0.2, 0.25) is 5.91 Å². The highest BCUT2D eigenvalue weighted by Gasteiger charge is 2.37. The molecule has 1 amide bonds. The Bertz CT molecular complexity index is 472. The number of hydrogen-bond acceptors (Lipinski definition) is 2. The van der Waals surface area contributed by atoms with E-state index in [0.717, 1.165) is 32.4 Å². The van der Waals surface area contributed by atoms with Crippen molar-refractivity contribution in [1.29, 1.82) is 0 Å². The number of rotatable bonds is 3. The minimum absolute atomic E-state index is 0.0408. The second kappa shape index (κ2) is 5.33. The summed E-state index contributed by atoms with van der Waals surface area (Å²) in [4.78, 5) is 14.6. The van der Waals surface area contributed by atoms with Gasteiger partial charge in [-0.15, -0.1) is 0 Å². The summed E-state index contributed by atoms with van der Waals surface area (Å²) in [5, 5.41) is 3.30. The molecule has 0 saturated carbocycles. The monoisotopic (exact) mass is 258 g/mol. The number of nitrogens with zero attached hydrogens (tertiary/aromatic N) is 1. The third-order valence-electron chi connectivity index (χ3n) is 4.40. The van der Waals surface area contributed by atoms with Gasteiger partial charge in [-0.25, -0.2) is 0 Å². The highest BCUT2D eigenvalue weighted by Crippen LogP contribution is 2.36. The van der Waals surface area contributed by atoms with Crippen molar-refractivity contribution in [2.24, 2.45) is 0 Å². The summed E-state index contributed by atoms with van der Waals surface area (Å²) in [6.07, 6.45) is 4.41. The van der Waals surface area contributed by atoms with Crippen molar-refractivity contribution in [3.63, 3.8) is 0 Å². The summed E-state index contributed by atoms with van der Waals surface area (Å²) in [6, 6.07) is 8.96. The molecule has 1 heterocycles. The van der Waals surface area contributed by atoms with Crippen LogP contribution in [0.3, 0.4) is 0 Å². The van der Waals surface area contributed by atoms with Crippen LogP contribution in [0.5, 0.6) is 0 Å². The predicted octanol–water partition coefficient (Wildman–Crippen LogP) is 2.27. The number of likely N-dealkylation sites (N-methyl/N-ethyl adjacent to an activating group) is 1. The maximum atomic E-state index is 12.5. The van der Waals surface area contributed by atoms with Gasteiger partial charge in [-0.3, -0.25) is 4.79 Å². The number of carbonyl (C=O) groups is 1. The molecule has 2 atom stereocenters. The SMILES string of the molecule is CCNC1CCN(C2CCCc3ccccc32)C1=O. The van der Waals surface area contributed by atoms with E-state index >= 15 is 0 Å². The molecule has 1 aliphatic heterocycles. The molecule has 1 aromatic rings. The highest BCUT2D eigenvalue weighted by molar-refractivity contribution is 5.84. The van der Waals surface area contributed by atoms with Gasteiger partial charge in [-0.05, 0) is 43.4 Å². The number of nitrogens with one attached hydrogen (secondary N) is 1. The van der Waals surface area contributed by atoms with Gasteiger partial charge in [0.05, 0.1) is 12.1 Å². The van der Waals surface area contributed by atoms with Crippen LogP contribution < -0.4 is 5.32 Å². The molecular weight excluding hydrogens is 236 g/mol. The zero-order chi connectivity index (χ0) is 13.2. The molecule has 1 fully saturated rings. The Morgan fingerprint density at radius 2 is 2.16 bits per heavy atom. The fourth-order valence-electron chi connectivity index (χ4n) is 3.50. The molecule has 0 spiro atoms. The first-order valence-electron chi connectivity index (χ1n) is 7.43. The Hall–Kier alpha value is -1.35. The van der Waals surface area contributed by atoms with Crippen molar-refractivity contribution < 1.29 is 4.79 Å². The first kappa shape index (κ1) is 12.7. The average molecular weight is 258 g/mol. The topological polar surface area (TPSA) is 32.3 Å². The van der Waals surface area contributed by atoms with E-state index in [2.05, 4.69) is 41.4 Å². The first-order valence-corrected chi connectivity index (χ1v) is 7.43. The van der Waals surface area contributed by atoms with E-state index in [1.165, 1.54) is 17.5 Å². The molecular formula is C16H22N2O. The summed E-state index contributed by atoms with van der Waals surface area (Å²) < 4.78 is 0.